The predicted octanol–water partition coefficient (Wildman–Crippen LogP) is 3.23. The minimum atomic E-state index is -0.143. The van der Waals surface area contributed by atoms with Gasteiger partial charge >= 0.3 is 0 Å². The van der Waals surface area contributed by atoms with Crippen LogP contribution in [0.3, 0.4) is 0 Å². The zero-order valence-corrected chi connectivity index (χ0v) is 11.9. The number of benzene rings is 1. The molecule has 0 unspecified atom stereocenters. The number of aryl methyl sites for hydroxylation is 1. The second-order valence-electron chi connectivity index (χ2n) is 4.22. The van der Waals surface area contributed by atoms with E-state index in [-0.39, 0.29) is 11.8 Å². The van der Waals surface area contributed by atoms with Crippen LogP contribution in [0, 0.1) is 0 Å². The molecule has 0 aliphatic heterocycles. The Labute approximate surface area is 116 Å². The molecule has 1 N–H and O–H groups in total. The van der Waals surface area contributed by atoms with E-state index < -0.39 is 0 Å². The van der Waals surface area contributed by atoms with Crippen molar-refractivity contribution in [2.75, 3.05) is 5.32 Å². The molecule has 1 aromatic carbocycles. The van der Waals surface area contributed by atoms with Gasteiger partial charge in [0.2, 0.25) is 11.0 Å². The molecule has 0 aliphatic rings. The fourth-order valence-electron chi connectivity index (χ4n) is 1.90. The molecule has 100 valence electrons. The number of hydrogen-bond acceptors (Lipinski definition) is 4. The average molecular weight is 275 g/mol. The third kappa shape index (κ3) is 3.38. The van der Waals surface area contributed by atoms with Gasteiger partial charge in [0.05, 0.1) is 5.92 Å². The van der Waals surface area contributed by atoms with Crippen LogP contribution in [0.15, 0.2) is 30.3 Å². The topological polar surface area (TPSA) is 54.9 Å². The Balaban J connectivity index is 2.09. The Morgan fingerprint density at radius 2 is 2.00 bits per heavy atom. The molecule has 0 saturated carbocycles. The van der Waals surface area contributed by atoms with Crippen LogP contribution >= 0.6 is 11.3 Å². The maximum atomic E-state index is 12.3. The van der Waals surface area contributed by atoms with E-state index in [9.17, 15) is 4.79 Å². The summed E-state index contributed by atoms with van der Waals surface area (Å²) in [6, 6.07) is 9.81. The number of carbonyl (C=O) groups excluding carboxylic acids is 1. The van der Waals surface area contributed by atoms with Gasteiger partial charge in [-0.25, -0.2) is 0 Å². The van der Waals surface area contributed by atoms with Crippen molar-refractivity contribution in [3.8, 4) is 0 Å². The standard InChI is InChI=1S/C14H17N3OS/c1-3-11(10-8-6-5-7-9-10)13(18)15-14-17-16-12(4-2)19-14/h5-9,11H,3-4H2,1-2H3,(H,15,17,18)/t11-/m0/s1. The Morgan fingerprint density at radius 1 is 1.26 bits per heavy atom. The molecule has 0 saturated heterocycles. The van der Waals surface area contributed by atoms with Gasteiger partial charge in [-0.15, -0.1) is 10.2 Å². The normalized spacial score (nSPS) is 12.1. The molecule has 0 aliphatic carbocycles. The van der Waals surface area contributed by atoms with Gasteiger partial charge in [-0.05, 0) is 18.4 Å². The summed E-state index contributed by atoms with van der Waals surface area (Å²) >= 11 is 1.43. The summed E-state index contributed by atoms with van der Waals surface area (Å²) in [5.74, 6) is -0.164. The number of nitrogens with zero attached hydrogens (tertiary/aromatic N) is 2. The van der Waals surface area contributed by atoms with E-state index in [4.69, 9.17) is 0 Å². The minimum absolute atomic E-state index is 0.0208. The van der Waals surface area contributed by atoms with E-state index in [1.54, 1.807) is 0 Å². The Hall–Kier alpha value is -1.75. The molecule has 1 atom stereocenters. The Bertz CT molecular complexity index is 539. The molecule has 5 heteroatoms. The lowest BCUT2D eigenvalue weighted by Crippen LogP contribution is -2.20. The zero-order valence-electron chi connectivity index (χ0n) is 11.1. The number of anilines is 1. The van der Waals surface area contributed by atoms with E-state index in [1.807, 2.05) is 44.2 Å². The summed E-state index contributed by atoms with van der Waals surface area (Å²) in [4.78, 5) is 12.3. The summed E-state index contributed by atoms with van der Waals surface area (Å²) in [6.45, 7) is 4.03. The van der Waals surface area contributed by atoms with Gasteiger partial charge in [0.25, 0.3) is 0 Å². The van der Waals surface area contributed by atoms with Crippen molar-refractivity contribution in [1.82, 2.24) is 10.2 Å². The number of rotatable bonds is 5. The lowest BCUT2D eigenvalue weighted by Gasteiger charge is -2.13. The molecular formula is C14H17N3OS. The van der Waals surface area contributed by atoms with Crippen molar-refractivity contribution in [3.63, 3.8) is 0 Å². The van der Waals surface area contributed by atoms with Gasteiger partial charge in [0, 0.05) is 0 Å². The van der Waals surface area contributed by atoms with Gasteiger partial charge < -0.3 is 0 Å². The smallest absolute Gasteiger partial charge is 0.233 e. The second kappa shape index (κ2) is 6.43. The Morgan fingerprint density at radius 3 is 2.58 bits per heavy atom. The molecule has 2 aromatic rings. The molecule has 1 aromatic heterocycles. The van der Waals surface area contributed by atoms with Crippen LogP contribution < -0.4 is 5.32 Å². The molecule has 1 heterocycles. The summed E-state index contributed by atoms with van der Waals surface area (Å²) in [6.07, 6.45) is 1.60. The number of aromatic nitrogens is 2. The van der Waals surface area contributed by atoms with Crippen molar-refractivity contribution >= 4 is 22.4 Å². The zero-order chi connectivity index (χ0) is 13.7. The molecule has 4 nitrogen and oxygen atoms in total. The first-order valence-corrected chi connectivity index (χ1v) is 7.24. The van der Waals surface area contributed by atoms with Gasteiger partial charge in [0.15, 0.2) is 0 Å². The van der Waals surface area contributed by atoms with Crippen molar-refractivity contribution in [1.29, 1.82) is 0 Å². The maximum Gasteiger partial charge on any atom is 0.233 e. The van der Waals surface area contributed by atoms with Crippen LogP contribution in [0.2, 0.25) is 0 Å². The summed E-state index contributed by atoms with van der Waals surface area (Å²) in [5, 5.41) is 12.3. The second-order valence-corrected chi connectivity index (χ2v) is 5.28. The quantitative estimate of drug-likeness (QED) is 0.911. The third-order valence-electron chi connectivity index (χ3n) is 2.93. The first-order chi connectivity index (χ1) is 9.24. The van der Waals surface area contributed by atoms with E-state index in [0.717, 1.165) is 23.4 Å². The van der Waals surface area contributed by atoms with Crippen LogP contribution in [0.1, 0.15) is 36.8 Å². The highest BCUT2D eigenvalue weighted by atomic mass is 32.1. The Kier molecular flexibility index (Phi) is 4.63. The largest absolute Gasteiger partial charge is 0.300 e. The van der Waals surface area contributed by atoms with Gasteiger partial charge in [-0.1, -0.05) is 55.5 Å². The van der Waals surface area contributed by atoms with Gasteiger partial charge in [0.1, 0.15) is 5.01 Å². The van der Waals surface area contributed by atoms with Crippen LogP contribution in [0.25, 0.3) is 0 Å². The lowest BCUT2D eigenvalue weighted by atomic mass is 9.96. The fourth-order valence-corrected chi connectivity index (χ4v) is 2.58. The van der Waals surface area contributed by atoms with Crippen LogP contribution in [-0.4, -0.2) is 16.1 Å². The first kappa shape index (κ1) is 13.7. The molecule has 0 bridgehead atoms. The maximum absolute atomic E-state index is 12.3. The number of nitrogens with one attached hydrogen (secondary N) is 1. The highest BCUT2D eigenvalue weighted by Gasteiger charge is 2.19. The SMILES string of the molecule is CCc1nnc(NC(=O)[C@@H](CC)c2ccccc2)s1. The number of amides is 1. The molecule has 0 fully saturated rings. The van der Waals surface area contributed by atoms with Crippen LogP contribution in [0.5, 0.6) is 0 Å². The van der Waals surface area contributed by atoms with Crippen molar-refractivity contribution in [3.05, 3.63) is 40.9 Å². The molecule has 0 spiro atoms. The van der Waals surface area contributed by atoms with E-state index in [2.05, 4.69) is 15.5 Å². The highest BCUT2D eigenvalue weighted by Crippen LogP contribution is 2.23. The molecule has 19 heavy (non-hydrogen) atoms. The van der Waals surface area contributed by atoms with Gasteiger partial charge in [-0.2, -0.15) is 0 Å². The number of carbonyl (C=O) groups is 1. The highest BCUT2D eigenvalue weighted by molar-refractivity contribution is 7.15. The summed E-state index contributed by atoms with van der Waals surface area (Å²) in [7, 11) is 0. The predicted molar refractivity (Wildman–Crippen MR) is 77.4 cm³/mol. The molecule has 2 rings (SSSR count). The van der Waals surface area contributed by atoms with Crippen molar-refractivity contribution < 1.29 is 4.79 Å². The van der Waals surface area contributed by atoms with Crippen LogP contribution in [0.4, 0.5) is 5.13 Å². The van der Waals surface area contributed by atoms with Gasteiger partial charge in [-0.3, -0.25) is 10.1 Å². The minimum Gasteiger partial charge on any atom is -0.300 e. The fraction of sp³-hybridized carbons (Fsp3) is 0.357. The monoisotopic (exact) mass is 275 g/mol. The van der Waals surface area contributed by atoms with E-state index >= 15 is 0 Å². The summed E-state index contributed by atoms with van der Waals surface area (Å²) < 4.78 is 0. The van der Waals surface area contributed by atoms with Crippen molar-refractivity contribution in [2.45, 2.75) is 32.6 Å². The first-order valence-electron chi connectivity index (χ1n) is 6.42. The lowest BCUT2D eigenvalue weighted by molar-refractivity contribution is -0.117. The molecular weight excluding hydrogens is 258 g/mol. The average Bonchev–Trinajstić information content (AvgIpc) is 2.88. The molecule has 1 amide bonds. The molecule has 0 radical (unpaired) electrons. The van der Waals surface area contributed by atoms with E-state index in [1.165, 1.54) is 11.3 Å². The third-order valence-corrected chi connectivity index (χ3v) is 3.91. The number of hydrogen-bond donors (Lipinski definition) is 1. The van der Waals surface area contributed by atoms with Crippen LogP contribution in [-0.2, 0) is 11.2 Å². The van der Waals surface area contributed by atoms with Crippen molar-refractivity contribution in [2.24, 2.45) is 0 Å². The summed E-state index contributed by atoms with van der Waals surface area (Å²) in [5.41, 5.74) is 1.03. The van der Waals surface area contributed by atoms with E-state index in [0.29, 0.717) is 5.13 Å².